The number of aliphatic hydroxyl groups is 1. The number of rotatable bonds is 6. The Balaban J connectivity index is 1.24. The Morgan fingerprint density at radius 1 is 1.27 bits per heavy atom. The predicted molar refractivity (Wildman–Crippen MR) is 139 cm³/mol. The summed E-state index contributed by atoms with van der Waals surface area (Å²) in [6.07, 6.45) is 7.60. The van der Waals surface area contributed by atoms with Gasteiger partial charge >= 0.3 is 6.18 Å². The van der Waals surface area contributed by atoms with Gasteiger partial charge in [-0.3, -0.25) is 9.79 Å². The first-order valence-electron chi connectivity index (χ1n) is 12.0. The second-order valence-electron chi connectivity index (χ2n) is 9.39. The maximum absolute atomic E-state index is 13.9. The van der Waals surface area contributed by atoms with E-state index in [1.165, 1.54) is 0 Å². The number of carbonyl (C=O) groups is 1. The third-order valence-corrected chi connectivity index (χ3v) is 8.19. The van der Waals surface area contributed by atoms with Crippen LogP contribution in [0.1, 0.15) is 28.1 Å². The van der Waals surface area contributed by atoms with Gasteiger partial charge in [0.15, 0.2) is 0 Å². The van der Waals surface area contributed by atoms with E-state index in [0.717, 1.165) is 23.1 Å². The number of hydrogen-bond donors (Lipinski definition) is 4. The summed E-state index contributed by atoms with van der Waals surface area (Å²) in [6, 6.07) is 1.10. The third-order valence-electron chi connectivity index (χ3n) is 7.08. The Morgan fingerprint density at radius 2 is 2.03 bits per heavy atom. The van der Waals surface area contributed by atoms with Crippen LogP contribution in [-0.4, -0.2) is 53.5 Å². The summed E-state index contributed by atoms with van der Waals surface area (Å²) >= 11 is 0.773. The lowest BCUT2D eigenvalue weighted by atomic mass is 9.80. The molecule has 3 atom stereocenters. The number of fused-ring (bicyclic) bond motifs is 2. The lowest BCUT2D eigenvalue weighted by Gasteiger charge is -2.35. The molecular formula is C25H27F3N6O2S. The van der Waals surface area contributed by atoms with Gasteiger partial charge in [-0.2, -0.15) is 13.2 Å². The molecule has 4 heterocycles. The van der Waals surface area contributed by atoms with E-state index in [9.17, 15) is 23.1 Å². The molecule has 3 aliphatic rings. The largest absolute Gasteiger partial charge is 0.417 e. The van der Waals surface area contributed by atoms with Crippen LogP contribution in [0.2, 0.25) is 0 Å². The lowest BCUT2D eigenvalue weighted by Crippen LogP contribution is -2.47. The number of amides is 1. The van der Waals surface area contributed by atoms with Crippen molar-refractivity contribution >= 4 is 44.7 Å². The molecule has 1 fully saturated rings. The third kappa shape index (κ3) is 5.00. The molecule has 37 heavy (non-hydrogen) atoms. The van der Waals surface area contributed by atoms with Crippen LogP contribution in [0.4, 0.5) is 24.7 Å². The highest BCUT2D eigenvalue weighted by molar-refractivity contribution is 7.21. The first-order valence-corrected chi connectivity index (χ1v) is 12.8. The van der Waals surface area contributed by atoms with Crippen LogP contribution in [0.25, 0.3) is 10.2 Å². The van der Waals surface area contributed by atoms with Gasteiger partial charge < -0.3 is 26.8 Å². The van der Waals surface area contributed by atoms with Crippen molar-refractivity contribution in [3.05, 3.63) is 53.1 Å². The predicted octanol–water partition coefficient (Wildman–Crippen LogP) is 3.24. The van der Waals surface area contributed by atoms with E-state index in [0.29, 0.717) is 32.5 Å². The molecule has 8 nitrogen and oxygen atoms in total. The van der Waals surface area contributed by atoms with E-state index in [2.05, 4.69) is 15.3 Å². The van der Waals surface area contributed by atoms with Gasteiger partial charge in [0.25, 0.3) is 5.91 Å². The number of nitrogens with zero attached hydrogens (tertiary/aromatic N) is 3. The van der Waals surface area contributed by atoms with Crippen LogP contribution in [0, 0.1) is 11.8 Å². The molecule has 5 rings (SSSR count). The number of nitrogens with one attached hydrogen (secondary N) is 1. The molecule has 3 unspecified atom stereocenters. The molecule has 2 aliphatic heterocycles. The van der Waals surface area contributed by atoms with Crippen molar-refractivity contribution in [3.63, 3.8) is 0 Å². The van der Waals surface area contributed by atoms with Crippen LogP contribution < -0.4 is 21.7 Å². The smallest absolute Gasteiger partial charge is 0.397 e. The number of aromatic nitrogens is 1. The average molecular weight is 533 g/mol. The highest BCUT2D eigenvalue weighted by Gasteiger charge is 2.37. The SMILES string of the molecule is NC(=O)c1sc2nc(N3CCC(NCC(O)C4C=CN=C5C=CC=CC54)CC3)cc(C(F)(F)F)c2c1N. The number of alkyl halides is 3. The zero-order valence-corrected chi connectivity index (χ0v) is 20.6. The van der Waals surface area contributed by atoms with Crippen molar-refractivity contribution in [3.8, 4) is 0 Å². The molecule has 0 saturated carbocycles. The number of aliphatic imine (C=N–C) groups is 1. The molecule has 0 spiro atoms. The molecule has 2 aromatic heterocycles. The van der Waals surface area contributed by atoms with Crippen LogP contribution in [0.3, 0.4) is 0 Å². The zero-order chi connectivity index (χ0) is 26.3. The van der Waals surface area contributed by atoms with Crippen LogP contribution >= 0.6 is 11.3 Å². The number of allylic oxidation sites excluding steroid dienone is 4. The summed E-state index contributed by atoms with van der Waals surface area (Å²) < 4.78 is 41.7. The molecule has 12 heteroatoms. The second kappa shape index (κ2) is 9.92. The van der Waals surface area contributed by atoms with E-state index in [-0.39, 0.29) is 44.5 Å². The van der Waals surface area contributed by atoms with Crippen molar-refractivity contribution < 1.29 is 23.1 Å². The summed E-state index contributed by atoms with van der Waals surface area (Å²) in [5.41, 5.74) is 10.9. The highest BCUT2D eigenvalue weighted by Crippen LogP contribution is 2.43. The number of halogens is 3. The van der Waals surface area contributed by atoms with Gasteiger partial charge in [0.1, 0.15) is 15.5 Å². The fraction of sp³-hybridized carbons (Fsp3) is 0.400. The summed E-state index contributed by atoms with van der Waals surface area (Å²) in [5.74, 6) is -0.736. The number of pyridine rings is 1. The zero-order valence-electron chi connectivity index (χ0n) is 19.8. The quantitative estimate of drug-likeness (QED) is 0.452. The topological polar surface area (TPSA) is 130 Å². The van der Waals surface area contributed by atoms with Gasteiger partial charge in [-0.15, -0.1) is 11.3 Å². The number of piperidine rings is 1. The molecule has 0 bridgehead atoms. The first kappa shape index (κ1) is 25.4. The minimum atomic E-state index is -4.67. The summed E-state index contributed by atoms with van der Waals surface area (Å²) in [5, 5.41) is 14.0. The maximum atomic E-state index is 13.9. The Labute approximate surface area is 215 Å². The number of primary amides is 1. The van der Waals surface area contributed by atoms with Crippen molar-refractivity contribution in [2.45, 2.75) is 31.2 Å². The van der Waals surface area contributed by atoms with Crippen molar-refractivity contribution in [2.24, 2.45) is 22.6 Å². The first-order chi connectivity index (χ1) is 17.6. The monoisotopic (exact) mass is 532 g/mol. The van der Waals surface area contributed by atoms with E-state index < -0.39 is 23.8 Å². The van der Waals surface area contributed by atoms with Gasteiger partial charge in [-0.25, -0.2) is 4.98 Å². The van der Waals surface area contributed by atoms with E-state index in [1.807, 2.05) is 30.4 Å². The van der Waals surface area contributed by atoms with Crippen LogP contribution in [0.5, 0.6) is 0 Å². The molecule has 1 aliphatic carbocycles. The number of carbonyl (C=O) groups excluding carboxylic acids is 1. The molecular weight excluding hydrogens is 505 g/mol. The fourth-order valence-electron chi connectivity index (χ4n) is 5.13. The molecule has 0 aromatic carbocycles. The normalized spacial score (nSPS) is 22.8. The minimum Gasteiger partial charge on any atom is -0.397 e. The van der Waals surface area contributed by atoms with Gasteiger partial charge in [-0.05, 0) is 25.0 Å². The Morgan fingerprint density at radius 3 is 2.73 bits per heavy atom. The van der Waals surface area contributed by atoms with Crippen molar-refractivity contribution in [1.82, 2.24) is 10.3 Å². The van der Waals surface area contributed by atoms with E-state index in [4.69, 9.17) is 11.5 Å². The van der Waals surface area contributed by atoms with Crippen molar-refractivity contribution in [1.29, 1.82) is 0 Å². The Hall–Kier alpha value is -3.22. The number of thiophene rings is 1. The highest BCUT2D eigenvalue weighted by atomic mass is 32.1. The van der Waals surface area contributed by atoms with E-state index in [1.54, 1.807) is 11.1 Å². The number of anilines is 2. The Bertz CT molecular complexity index is 1320. The molecule has 6 N–H and O–H groups in total. The van der Waals surface area contributed by atoms with Gasteiger partial charge in [0.05, 0.1) is 17.4 Å². The Kier molecular flexibility index (Phi) is 6.82. The maximum Gasteiger partial charge on any atom is 0.417 e. The number of aliphatic hydroxyl groups excluding tert-OH is 1. The summed E-state index contributed by atoms with van der Waals surface area (Å²) in [6.45, 7) is 1.38. The second-order valence-corrected chi connectivity index (χ2v) is 10.4. The summed E-state index contributed by atoms with van der Waals surface area (Å²) in [7, 11) is 0. The number of nitrogen functional groups attached to an aromatic ring is 1. The summed E-state index contributed by atoms with van der Waals surface area (Å²) in [4.78, 5) is 22.1. The molecule has 196 valence electrons. The number of nitrogens with two attached hydrogens (primary N) is 2. The molecule has 1 amide bonds. The molecule has 1 saturated heterocycles. The van der Waals surface area contributed by atoms with E-state index >= 15 is 0 Å². The fourth-order valence-corrected chi connectivity index (χ4v) is 6.10. The molecule has 0 radical (unpaired) electrons. The minimum absolute atomic E-state index is 0.0366. The number of hydrogen-bond acceptors (Lipinski definition) is 8. The van der Waals surface area contributed by atoms with Gasteiger partial charge in [0.2, 0.25) is 0 Å². The van der Waals surface area contributed by atoms with Crippen molar-refractivity contribution in [2.75, 3.05) is 30.3 Å². The molecule has 2 aromatic rings. The van der Waals surface area contributed by atoms with Gasteiger partial charge in [-0.1, -0.05) is 24.3 Å². The van der Waals surface area contributed by atoms with Gasteiger partial charge in [0, 0.05) is 54.8 Å². The van der Waals surface area contributed by atoms with Crippen LogP contribution in [0.15, 0.2) is 47.6 Å². The lowest BCUT2D eigenvalue weighted by molar-refractivity contribution is -0.136. The van der Waals surface area contributed by atoms with Crippen LogP contribution in [-0.2, 0) is 6.18 Å². The average Bonchev–Trinajstić information content (AvgIpc) is 3.22. The standard InChI is InChI=1S/C25H27F3N6O2S/c26-25(27,28)16-11-19(33-24-20(16)21(29)22(37-24)23(30)36)34-9-6-13(7-10-34)32-12-18(35)15-5-8-31-17-4-2-1-3-14(15)17/h1-5,8,11,13-15,18,32,35H,6-7,9-10,12,29H2,(H2,30,36).